The number of nitrogens with zero attached hydrogens (tertiary/aromatic N) is 1. The van der Waals surface area contributed by atoms with E-state index in [0.717, 1.165) is 36.5 Å². The molecule has 2 heterocycles. The molecule has 0 aromatic heterocycles. The number of carbonyl (C=O) groups excluding carboxylic acids is 1. The minimum atomic E-state index is -0.200. The first kappa shape index (κ1) is 19.6. The first-order valence-electron chi connectivity index (χ1n) is 8.03. The zero-order valence-corrected chi connectivity index (χ0v) is 15.6. The lowest BCUT2D eigenvalue weighted by molar-refractivity contribution is -0.129. The molecule has 2 aromatic rings. The van der Waals surface area contributed by atoms with E-state index >= 15 is 0 Å². The van der Waals surface area contributed by atoms with Gasteiger partial charge in [0, 0.05) is 31.1 Å². The van der Waals surface area contributed by atoms with E-state index in [1.807, 2.05) is 18.2 Å². The Morgan fingerprint density at radius 1 is 1.08 bits per heavy atom. The minimum absolute atomic E-state index is 0. The highest BCUT2D eigenvalue weighted by Crippen LogP contribution is 2.44. The van der Waals surface area contributed by atoms with Gasteiger partial charge < -0.3 is 10.1 Å². The zero-order chi connectivity index (χ0) is 15.8. The molecule has 0 radical (unpaired) electrons. The predicted molar refractivity (Wildman–Crippen MR) is 103 cm³/mol. The van der Waals surface area contributed by atoms with Gasteiger partial charge in [0.1, 0.15) is 11.8 Å². The first-order valence-corrected chi connectivity index (χ1v) is 8.03. The highest BCUT2D eigenvalue weighted by Gasteiger charge is 2.40. The summed E-state index contributed by atoms with van der Waals surface area (Å²) in [5.41, 5.74) is 3.49. The van der Waals surface area contributed by atoms with E-state index in [2.05, 4.69) is 40.5 Å². The fourth-order valence-electron chi connectivity index (χ4n) is 3.88. The topological polar surface area (TPSA) is 41.6 Å². The van der Waals surface area contributed by atoms with Gasteiger partial charge in [-0.2, -0.15) is 0 Å². The summed E-state index contributed by atoms with van der Waals surface area (Å²) in [6, 6.07) is 16.3. The van der Waals surface area contributed by atoms with Crippen LogP contribution in [0.1, 0.15) is 28.7 Å². The number of rotatable bonds is 2. The molecule has 1 fully saturated rings. The van der Waals surface area contributed by atoms with E-state index in [9.17, 15) is 4.79 Å². The van der Waals surface area contributed by atoms with Crippen molar-refractivity contribution in [1.29, 1.82) is 0 Å². The number of ether oxygens (including phenoxy) is 1. The predicted octanol–water partition coefficient (Wildman–Crippen LogP) is 3.16. The molecule has 1 saturated heterocycles. The molecule has 4 rings (SSSR count). The van der Waals surface area contributed by atoms with Gasteiger partial charge in [-0.05, 0) is 17.2 Å². The number of hydrogen-bond donors (Lipinski definition) is 1. The van der Waals surface area contributed by atoms with E-state index in [-0.39, 0.29) is 42.7 Å². The standard InChI is InChI=1S/C19H20N2O2.2ClH/c1-23-16-9-5-8-14-17(16)15(13-6-3-2-4-7-13)12-21-11-10-20-19(22)18(14)21;;/h2-9,15,18H,10-12H2,1H3,(H,20,22);2*1H/t15-,18+;;/m1../s1. The van der Waals surface area contributed by atoms with Crippen molar-refractivity contribution in [3.8, 4) is 5.75 Å². The molecule has 4 nitrogen and oxygen atoms in total. The Hall–Kier alpha value is -1.75. The van der Waals surface area contributed by atoms with Crippen LogP contribution in [-0.4, -0.2) is 37.6 Å². The van der Waals surface area contributed by atoms with Crippen molar-refractivity contribution in [2.45, 2.75) is 12.0 Å². The van der Waals surface area contributed by atoms with Gasteiger partial charge in [0.25, 0.3) is 0 Å². The van der Waals surface area contributed by atoms with Crippen LogP contribution in [0.5, 0.6) is 5.75 Å². The molecule has 0 bridgehead atoms. The Morgan fingerprint density at radius 2 is 1.84 bits per heavy atom. The van der Waals surface area contributed by atoms with E-state index in [1.165, 1.54) is 5.56 Å². The van der Waals surface area contributed by atoms with Gasteiger partial charge in [0.15, 0.2) is 0 Å². The molecule has 2 aliphatic heterocycles. The quantitative estimate of drug-likeness (QED) is 0.869. The maximum Gasteiger partial charge on any atom is 0.242 e. The van der Waals surface area contributed by atoms with Crippen LogP contribution in [0, 0.1) is 0 Å². The van der Waals surface area contributed by atoms with Crippen molar-refractivity contribution in [2.75, 3.05) is 26.7 Å². The van der Waals surface area contributed by atoms with Crippen LogP contribution in [-0.2, 0) is 4.79 Å². The van der Waals surface area contributed by atoms with Crippen molar-refractivity contribution in [3.63, 3.8) is 0 Å². The van der Waals surface area contributed by atoms with Crippen LogP contribution in [0.4, 0.5) is 0 Å². The maximum atomic E-state index is 12.4. The van der Waals surface area contributed by atoms with Crippen LogP contribution in [0.15, 0.2) is 48.5 Å². The maximum absolute atomic E-state index is 12.4. The number of benzene rings is 2. The molecule has 1 N–H and O–H groups in total. The Balaban J connectivity index is 0.00000113. The first-order chi connectivity index (χ1) is 11.3. The highest BCUT2D eigenvalue weighted by molar-refractivity contribution is 5.86. The molecule has 0 unspecified atom stereocenters. The van der Waals surface area contributed by atoms with Crippen LogP contribution in [0.2, 0.25) is 0 Å². The Labute approximate surface area is 160 Å². The summed E-state index contributed by atoms with van der Waals surface area (Å²) < 4.78 is 5.63. The molecule has 6 heteroatoms. The zero-order valence-electron chi connectivity index (χ0n) is 14.0. The smallest absolute Gasteiger partial charge is 0.242 e. The van der Waals surface area contributed by atoms with Crippen molar-refractivity contribution >= 4 is 30.7 Å². The van der Waals surface area contributed by atoms with E-state index in [0.29, 0.717) is 0 Å². The summed E-state index contributed by atoms with van der Waals surface area (Å²) in [6.45, 7) is 2.45. The largest absolute Gasteiger partial charge is 0.496 e. The van der Waals surface area contributed by atoms with Crippen LogP contribution >= 0.6 is 24.8 Å². The summed E-state index contributed by atoms with van der Waals surface area (Å²) in [4.78, 5) is 14.7. The van der Waals surface area contributed by atoms with E-state index in [1.54, 1.807) is 7.11 Å². The molecule has 1 amide bonds. The van der Waals surface area contributed by atoms with Crippen molar-refractivity contribution in [1.82, 2.24) is 10.2 Å². The molecular weight excluding hydrogens is 359 g/mol. The molecule has 2 aromatic carbocycles. The molecule has 0 spiro atoms. The number of piperazine rings is 1. The molecule has 0 saturated carbocycles. The summed E-state index contributed by atoms with van der Waals surface area (Å²) in [5.74, 6) is 1.19. The summed E-state index contributed by atoms with van der Waals surface area (Å²) >= 11 is 0. The average molecular weight is 381 g/mol. The summed E-state index contributed by atoms with van der Waals surface area (Å²) in [7, 11) is 1.70. The molecule has 2 aliphatic rings. The van der Waals surface area contributed by atoms with Crippen LogP contribution in [0.25, 0.3) is 0 Å². The summed E-state index contributed by atoms with van der Waals surface area (Å²) in [5, 5.41) is 2.99. The molecular formula is C19H22Cl2N2O2. The lowest BCUT2D eigenvalue weighted by atomic mass is 9.80. The molecule has 134 valence electrons. The van der Waals surface area contributed by atoms with Gasteiger partial charge in [-0.15, -0.1) is 24.8 Å². The number of hydrogen-bond acceptors (Lipinski definition) is 3. The third-order valence-electron chi connectivity index (χ3n) is 4.89. The van der Waals surface area contributed by atoms with E-state index in [4.69, 9.17) is 4.74 Å². The van der Waals surface area contributed by atoms with Gasteiger partial charge in [0.2, 0.25) is 5.91 Å². The second kappa shape index (κ2) is 8.09. The van der Waals surface area contributed by atoms with Gasteiger partial charge in [-0.25, -0.2) is 0 Å². The number of carbonyl (C=O) groups is 1. The Morgan fingerprint density at radius 3 is 2.56 bits per heavy atom. The number of amides is 1. The number of nitrogens with one attached hydrogen (secondary N) is 1. The lowest BCUT2D eigenvalue weighted by Crippen LogP contribution is -2.53. The van der Waals surface area contributed by atoms with Crippen molar-refractivity contribution in [2.24, 2.45) is 0 Å². The Kier molecular flexibility index (Phi) is 6.33. The molecule has 2 atom stereocenters. The average Bonchev–Trinajstić information content (AvgIpc) is 2.61. The number of fused-ring (bicyclic) bond motifs is 3. The Bertz CT molecular complexity index is 739. The monoisotopic (exact) mass is 380 g/mol. The molecule has 25 heavy (non-hydrogen) atoms. The van der Waals surface area contributed by atoms with Gasteiger partial charge in [-0.1, -0.05) is 42.5 Å². The normalized spacial score (nSPS) is 21.7. The number of halogens is 2. The van der Waals surface area contributed by atoms with E-state index < -0.39 is 0 Å². The van der Waals surface area contributed by atoms with Gasteiger partial charge in [-0.3, -0.25) is 9.69 Å². The second-order valence-electron chi connectivity index (χ2n) is 6.11. The lowest BCUT2D eigenvalue weighted by Gasteiger charge is -2.43. The SMILES string of the molecule is COc1cccc2c1[C@@H](c1ccccc1)CN1CCNC(=O)[C@H]21.Cl.Cl. The fraction of sp³-hybridized carbons (Fsp3) is 0.316. The second-order valence-corrected chi connectivity index (χ2v) is 6.11. The van der Waals surface area contributed by atoms with Gasteiger partial charge in [0.05, 0.1) is 7.11 Å². The third-order valence-corrected chi connectivity index (χ3v) is 4.89. The van der Waals surface area contributed by atoms with Gasteiger partial charge >= 0.3 is 0 Å². The summed E-state index contributed by atoms with van der Waals surface area (Å²) in [6.07, 6.45) is 0. The molecule has 0 aliphatic carbocycles. The fourth-order valence-corrected chi connectivity index (χ4v) is 3.88. The minimum Gasteiger partial charge on any atom is -0.496 e. The van der Waals surface area contributed by atoms with Crippen molar-refractivity contribution < 1.29 is 9.53 Å². The van der Waals surface area contributed by atoms with Crippen molar-refractivity contribution in [3.05, 3.63) is 65.2 Å². The van der Waals surface area contributed by atoms with Crippen LogP contribution in [0.3, 0.4) is 0 Å². The van der Waals surface area contributed by atoms with Crippen LogP contribution < -0.4 is 10.1 Å². The highest BCUT2D eigenvalue weighted by atomic mass is 35.5. The third kappa shape index (κ3) is 3.34. The number of methoxy groups -OCH3 is 1.